The van der Waals surface area contributed by atoms with E-state index in [4.69, 9.17) is 4.74 Å². The van der Waals surface area contributed by atoms with Crippen LogP contribution in [0.3, 0.4) is 0 Å². The van der Waals surface area contributed by atoms with Crippen LogP contribution in [0.4, 0.5) is 5.82 Å². The second kappa shape index (κ2) is 6.82. The molecule has 0 aliphatic carbocycles. The Morgan fingerprint density at radius 2 is 2.21 bits per heavy atom. The summed E-state index contributed by atoms with van der Waals surface area (Å²) >= 11 is 1.69. The van der Waals surface area contributed by atoms with Crippen molar-refractivity contribution in [3.05, 3.63) is 28.9 Å². The van der Waals surface area contributed by atoms with Crippen molar-refractivity contribution >= 4 is 27.4 Å². The van der Waals surface area contributed by atoms with Crippen LogP contribution in [-0.4, -0.2) is 44.9 Å². The molecule has 1 fully saturated rings. The molecule has 1 aliphatic rings. The quantitative estimate of drug-likeness (QED) is 0.740. The molecular weight excluding hydrogens is 324 g/mol. The molecule has 1 saturated heterocycles. The van der Waals surface area contributed by atoms with E-state index in [9.17, 15) is 0 Å². The van der Waals surface area contributed by atoms with E-state index in [1.807, 2.05) is 0 Å². The van der Waals surface area contributed by atoms with Crippen LogP contribution < -0.4 is 5.32 Å². The van der Waals surface area contributed by atoms with Crippen LogP contribution in [0.15, 0.2) is 12.4 Å². The summed E-state index contributed by atoms with van der Waals surface area (Å²) in [6.07, 6.45) is 4.40. The number of nitrogens with one attached hydrogen (secondary N) is 2. The summed E-state index contributed by atoms with van der Waals surface area (Å²) in [4.78, 5) is 15.6. The van der Waals surface area contributed by atoms with Gasteiger partial charge >= 0.3 is 0 Å². The van der Waals surface area contributed by atoms with Crippen molar-refractivity contribution in [3.63, 3.8) is 0 Å². The number of ether oxygens (including phenoxy) is 1. The summed E-state index contributed by atoms with van der Waals surface area (Å²) in [6, 6.07) is 2.13. The predicted molar refractivity (Wildman–Crippen MR) is 93.5 cm³/mol. The number of hydrogen-bond donors (Lipinski definition) is 2. The number of fused-ring (bicyclic) bond motifs is 1. The third-order valence-corrected chi connectivity index (χ3v) is 5.20. The van der Waals surface area contributed by atoms with Gasteiger partial charge in [-0.05, 0) is 25.8 Å². The van der Waals surface area contributed by atoms with Gasteiger partial charge in [0.1, 0.15) is 22.8 Å². The SMILES string of the molecule is Cc1cc2c(NCCc3nc(C4CCOCC4)n[nH]3)ncnc2s1. The van der Waals surface area contributed by atoms with Gasteiger partial charge in [0.25, 0.3) is 0 Å². The maximum Gasteiger partial charge on any atom is 0.153 e. The standard InChI is InChI=1S/C16H20N6OS/c1-10-8-12-15(18-9-19-16(12)24-10)17-5-2-13-20-14(22-21-13)11-3-6-23-7-4-11/h8-9,11H,2-7H2,1H3,(H,17,18,19)(H,20,21,22). The van der Waals surface area contributed by atoms with E-state index in [0.29, 0.717) is 5.92 Å². The Kier molecular flexibility index (Phi) is 4.40. The highest BCUT2D eigenvalue weighted by Crippen LogP contribution is 2.27. The van der Waals surface area contributed by atoms with Crippen molar-refractivity contribution in [1.82, 2.24) is 25.1 Å². The predicted octanol–water partition coefficient (Wildman–Crippen LogP) is 2.67. The van der Waals surface area contributed by atoms with E-state index in [2.05, 4.69) is 43.5 Å². The Morgan fingerprint density at radius 1 is 1.33 bits per heavy atom. The summed E-state index contributed by atoms with van der Waals surface area (Å²) in [6.45, 7) is 4.45. The third kappa shape index (κ3) is 3.25. The van der Waals surface area contributed by atoms with E-state index >= 15 is 0 Å². The molecule has 0 unspecified atom stereocenters. The Labute approximate surface area is 143 Å². The zero-order chi connectivity index (χ0) is 16.4. The molecule has 0 spiro atoms. The molecule has 7 nitrogen and oxygen atoms in total. The van der Waals surface area contributed by atoms with Crippen molar-refractivity contribution in [2.45, 2.75) is 32.1 Å². The minimum absolute atomic E-state index is 0.423. The van der Waals surface area contributed by atoms with Crippen LogP contribution in [0, 0.1) is 6.92 Å². The number of thiophene rings is 1. The Balaban J connectivity index is 1.37. The Morgan fingerprint density at radius 3 is 3.08 bits per heavy atom. The summed E-state index contributed by atoms with van der Waals surface area (Å²) in [5.74, 6) is 3.14. The first-order valence-corrected chi connectivity index (χ1v) is 9.05. The molecule has 0 atom stereocenters. The number of hydrogen-bond acceptors (Lipinski definition) is 7. The zero-order valence-corrected chi connectivity index (χ0v) is 14.4. The lowest BCUT2D eigenvalue weighted by Crippen LogP contribution is -2.15. The van der Waals surface area contributed by atoms with Crippen LogP contribution in [0.2, 0.25) is 0 Å². The monoisotopic (exact) mass is 344 g/mol. The molecule has 126 valence electrons. The maximum absolute atomic E-state index is 5.39. The van der Waals surface area contributed by atoms with Gasteiger partial charge in [-0.2, -0.15) is 5.10 Å². The van der Waals surface area contributed by atoms with Gasteiger partial charge in [-0.1, -0.05) is 0 Å². The lowest BCUT2D eigenvalue weighted by atomic mass is 10.00. The van der Waals surface area contributed by atoms with E-state index in [1.165, 1.54) is 4.88 Å². The largest absolute Gasteiger partial charge is 0.381 e. The molecule has 24 heavy (non-hydrogen) atoms. The van der Waals surface area contributed by atoms with Gasteiger partial charge < -0.3 is 10.1 Å². The van der Waals surface area contributed by atoms with Gasteiger partial charge in [-0.15, -0.1) is 11.3 Å². The molecule has 1 aliphatic heterocycles. The molecule has 0 saturated carbocycles. The molecule has 8 heteroatoms. The molecule has 4 rings (SSSR count). The number of aryl methyl sites for hydroxylation is 1. The van der Waals surface area contributed by atoms with Crippen LogP contribution in [0.25, 0.3) is 10.2 Å². The van der Waals surface area contributed by atoms with Crippen molar-refractivity contribution in [1.29, 1.82) is 0 Å². The maximum atomic E-state index is 5.39. The highest BCUT2D eigenvalue weighted by Gasteiger charge is 2.20. The average Bonchev–Trinajstić information content (AvgIpc) is 3.22. The fraction of sp³-hybridized carbons (Fsp3) is 0.500. The smallest absolute Gasteiger partial charge is 0.153 e. The number of anilines is 1. The fourth-order valence-corrected chi connectivity index (χ4v) is 3.82. The van der Waals surface area contributed by atoms with Gasteiger partial charge in [0.05, 0.1) is 5.39 Å². The molecule has 4 heterocycles. The van der Waals surface area contributed by atoms with Crippen LogP contribution >= 0.6 is 11.3 Å². The second-order valence-corrected chi connectivity index (χ2v) is 7.24. The van der Waals surface area contributed by atoms with Crippen molar-refractivity contribution in [2.75, 3.05) is 25.1 Å². The summed E-state index contributed by atoms with van der Waals surface area (Å²) < 4.78 is 5.39. The lowest BCUT2D eigenvalue weighted by molar-refractivity contribution is 0.0836. The minimum atomic E-state index is 0.423. The van der Waals surface area contributed by atoms with E-state index in [1.54, 1.807) is 17.7 Å². The summed E-state index contributed by atoms with van der Waals surface area (Å²) in [5.41, 5.74) is 0. The molecule has 3 aromatic rings. The van der Waals surface area contributed by atoms with E-state index in [-0.39, 0.29) is 0 Å². The molecule has 3 aromatic heterocycles. The number of aromatic amines is 1. The number of nitrogens with zero attached hydrogens (tertiary/aromatic N) is 4. The van der Waals surface area contributed by atoms with Crippen LogP contribution in [0.5, 0.6) is 0 Å². The molecule has 2 N–H and O–H groups in total. The van der Waals surface area contributed by atoms with Gasteiger partial charge in [0, 0.05) is 37.0 Å². The van der Waals surface area contributed by atoms with Gasteiger partial charge in [-0.25, -0.2) is 15.0 Å². The van der Waals surface area contributed by atoms with E-state index < -0.39 is 0 Å². The Hall–Kier alpha value is -2.06. The van der Waals surface area contributed by atoms with E-state index in [0.717, 1.165) is 66.7 Å². The van der Waals surface area contributed by atoms with Crippen molar-refractivity contribution < 1.29 is 4.74 Å². The third-order valence-electron chi connectivity index (χ3n) is 4.24. The zero-order valence-electron chi connectivity index (χ0n) is 13.6. The first-order chi connectivity index (χ1) is 11.8. The Bertz CT molecular complexity index is 823. The van der Waals surface area contributed by atoms with Crippen molar-refractivity contribution in [2.24, 2.45) is 0 Å². The molecule has 0 amide bonds. The highest BCUT2D eigenvalue weighted by atomic mass is 32.1. The van der Waals surface area contributed by atoms with Gasteiger partial charge in [0.2, 0.25) is 0 Å². The lowest BCUT2D eigenvalue weighted by Gasteiger charge is -2.18. The topological polar surface area (TPSA) is 88.6 Å². The molecular formula is C16H20N6OS. The highest BCUT2D eigenvalue weighted by molar-refractivity contribution is 7.18. The molecule has 0 aromatic carbocycles. The average molecular weight is 344 g/mol. The van der Waals surface area contributed by atoms with Gasteiger partial charge in [-0.3, -0.25) is 5.10 Å². The van der Waals surface area contributed by atoms with Crippen LogP contribution in [0.1, 0.15) is 35.3 Å². The molecule has 0 radical (unpaired) electrons. The first-order valence-electron chi connectivity index (χ1n) is 8.23. The van der Waals surface area contributed by atoms with Crippen molar-refractivity contribution in [3.8, 4) is 0 Å². The normalized spacial score (nSPS) is 15.9. The van der Waals surface area contributed by atoms with Crippen LogP contribution in [-0.2, 0) is 11.2 Å². The fourth-order valence-electron chi connectivity index (χ4n) is 2.98. The number of rotatable bonds is 5. The van der Waals surface area contributed by atoms with Gasteiger partial charge in [0.15, 0.2) is 5.82 Å². The minimum Gasteiger partial charge on any atom is -0.381 e. The number of aromatic nitrogens is 5. The summed E-state index contributed by atoms with van der Waals surface area (Å²) in [5, 5.41) is 11.9. The second-order valence-electron chi connectivity index (χ2n) is 6.00. The molecule has 0 bridgehead atoms. The summed E-state index contributed by atoms with van der Waals surface area (Å²) in [7, 11) is 0. The first kappa shape index (κ1) is 15.5. The number of H-pyrrole nitrogens is 1.